The molecule has 28 heavy (non-hydrogen) atoms. The van der Waals surface area contributed by atoms with Gasteiger partial charge in [-0.3, -0.25) is 9.59 Å². The number of carbonyl (C=O) groups is 2. The van der Waals surface area contributed by atoms with Crippen LogP contribution in [0.5, 0.6) is 0 Å². The largest absolute Gasteiger partial charge is 0.340 e. The third-order valence-electron chi connectivity index (χ3n) is 4.40. The van der Waals surface area contributed by atoms with E-state index in [2.05, 4.69) is 35.5 Å². The molecule has 0 fully saturated rings. The molecule has 0 aliphatic carbocycles. The molecule has 0 saturated heterocycles. The number of pyridine rings is 1. The molecular formula is C23H23N3O2. The third-order valence-corrected chi connectivity index (χ3v) is 4.40. The molecule has 1 aromatic heterocycles. The van der Waals surface area contributed by atoms with Gasteiger partial charge in [0, 0.05) is 23.1 Å². The number of benzene rings is 2. The van der Waals surface area contributed by atoms with Crippen LogP contribution in [0.15, 0.2) is 66.9 Å². The quantitative estimate of drug-likeness (QED) is 0.567. The van der Waals surface area contributed by atoms with E-state index in [9.17, 15) is 9.59 Å². The molecule has 0 spiro atoms. The van der Waals surface area contributed by atoms with Crippen molar-refractivity contribution in [2.45, 2.75) is 26.7 Å². The second kappa shape index (κ2) is 8.48. The van der Waals surface area contributed by atoms with Crippen LogP contribution in [0, 0.1) is 0 Å². The smallest absolute Gasteiger partial charge is 0.257 e. The fourth-order valence-electron chi connectivity index (χ4n) is 2.87. The van der Waals surface area contributed by atoms with E-state index in [1.807, 2.05) is 18.2 Å². The van der Waals surface area contributed by atoms with Gasteiger partial charge in [0.05, 0.1) is 5.56 Å². The van der Waals surface area contributed by atoms with Gasteiger partial charge in [-0.2, -0.15) is 0 Å². The van der Waals surface area contributed by atoms with Crippen LogP contribution in [0.1, 0.15) is 53.0 Å². The molecule has 3 aromatic rings. The molecule has 0 aliphatic heterocycles. The number of carbonyl (C=O) groups excluding carboxylic acids is 2. The number of Topliss-reactive ketones (excluding diaryl/α,β-unsaturated/α-hetero) is 1. The zero-order chi connectivity index (χ0) is 20.1. The molecule has 0 atom stereocenters. The molecule has 142 valence electrons. The second-order valence-corrected chi connectivity index (χ2v) is 6.89. The molecule has 2 aromatic carbocycles. The highest BCUT2D eigenvalue weighted by Crippen LogP contribution is 2.26. The number of ketones is 1. The van der Waals surface area contributed by atoms with Crippen molar-refractivity contribution in [1.29, 1.82) is 0 Å². The van der Waals surface area contributed by atoms with Crippen LogP contribution in [-0.2, 0) is 0 Å². The molecule has 0 saturated carbocycles. The summed E-state index contributed by atoms with van der Waals surface area (Å²) in [4.78, 5) is 28.3. The van der Waals surface area contributed by atoms with Crippen LogP contribution >= 0.6 is 0 Å². The third kappa shape index (κ3) is 4.62. The Hall–Kier alpha value is -3.47. The molecule has 2 N–H and O–H groups in total. The predicted molar refractivity (Wildman–Crippen MR) is 112 cm³/mol. The van der Waals surface area contributed by atoms with Gasteiger partial charge in [0.25, 0.3) is 5.91 Å². The zero-order valence-corrected chi connectivity index (χ0v) is 16.2. The lowest BCUT2D eigenvalue weighted by Gasteiger charge is -2.14. The van der Waals surface area contributed by atoms with Crippen LogP contribution in [-0.4, -0.2) is 16.7 Å². The summed E-state index contributed by atoms with van der Waals surface area (Å²) < 4.78 is 0. The van der Waals surface area contributed by atoms with Gasteiger partial charge in [0.15, 0.2) is 5.78 Å². The van der Waals surface area contributed by atoms with Crippen molar-refractivity contribution in [2.24, 2.45) is 0 Å². The van der Waals surface area contributed by atoms with Crippen molar-refractivity contribution in [2.75, 3.05) is 10.6 Å². The van der Waals surface area contributed by atoms with E-state index < -0.39 is 0 Å². The first-order valence-electron chi connectivity index (χ1n) is 9.18. The van der Waals surface area contributed by atoms with E-state index in [1.54, 1.807) is 36.4 Å². The van der Waals surface area contributed by atoms with Crippen LogP contribution in [0.25, 0.3) is 0 Å². The number of amides is 1. The highest BCUT2D eigenvalue weighted by Gasteiger charge is 2.10. The molecule has 1 amide bonds. The maximum Gasteiger partial charge on any atom is 0.257 e. The van der Waals surface area contributed by atoms with Gasteiger partial charge in [0.1, 0.15) is 5.82 Å². The average Bonchev–Trinajstić information content (AvgIpc) is 2.69. The summed E-state index contributed by atoms with van der Waals surface area (Å²) in [5, 5.41) is 6.10. The summed E-state index contributed by atoms with van der Waals surface area (Å²) in [7, 11) is 0. The summed E-state index contributed by atoms with van der Waals surface area (Å²) in [6, 6.07) is 18.5. The van der Waals surface area contributed by atoms with Gasteiger partial charge in [0.2, 0.25) is 0 Å². The first kappa shape index (κ1) is 19.3. The average molecular weight is 373 g/mol. The Bertz CT molecular complexity index is 995. The Morgan fingerprint density at radius 2 is 1.71 bits per heavy atom. The molecule has 5 heteroatoms. The molecule has 0 unspecified atom stereocenters. The molecule has 0 aliphatic rings. The van der Waals surface area contributed by atoms with Gasteiger partial charge in [-0.1, -0.05) is 44.2 Å². The number of anilines is 3. The molecular weight excluding hydrogens is 350 g/mol. The summed E-state index contributed by atoms with van der Waals surface area (Å²) >= 11 is 0. The fraction of sp³-hybridized carbons (Fsp3) is 0.174. The Morgan fingerprint density at radius 1 is 0.929 bits per heavy atom. The van der Waals surface area contributed by atoms with Gasteiger partial charge in [-0.15, -0.1) is 0 Å². The van der Waals surface area contributed by atoms with Crippen molar-refractivity contribution in [3.05, 3.63) is 83.6 Å². The number of para-hydroxylation sites is 1. The van der Waals surface area contributed by atoms with Gasteiger partial charge >= 0.3 is 0 Å². The van der Waals surface area contributed by atoms with Gasteiger partial charge in [-0.05, 0) is 48.7 Å². The highest BCUT2D eigenvalue weighted by atomic mass is 16.1. The highest BCUT2D eigenvalue weighted by molar-refractivity contribution is 6.05. The van der Waals surface area contributed by atoms with E-state index in [4.69, 9.17) is 0 Å². The Balaban J connectivity index is 1.71. The van der Waals surface area contributed by atoms with Crippen LogP contribution < -0.4 is 10.6 Å². The van der Waals surface area contributed by atoms with E-state index >= 15 is 0 Å². The van der Waals surface area contributed by atoms with E-state index in [0.717, 1.165) is 5.69 Å². The van der Waals surface area contributed by atoms with Crippen LogP contribution in [0.2, 0.25) is 0 Å². The minimum Gasteiger partial charge on any atom is -0.340 e. The van der Waals surface area contributed by atoms with Crippen molar-refractivity contribution in [1.82, 2.24) is 4.98 Å². The van der Waals surface area contributed by atoms with Crippen LogP contribution in [0.4, 0.5) is 17.2 Å². The minimum atomic E-state index is -0.276. The summed E-state index contributed by atoms with van der Waals surface area (Å²) in [5.74, 6) is 0.736. The van der Waals surface area contributed by atoms with Crippen molar-refractivity contribution in [3.63, 3.8) is 0 Å². The Kier molecular flexibility index (Phi) is 5.84. The molecule has 0 bridgehead atoms. The number of hydrogen-bond acceptors (Lipinski definition) is 4. The monoisotopic (exact) mass is 373 g/mol. The summed E-state index contributed by atoms with van der Waals surface area (Å²) in [6.07, 6.45) is 1.53. The zero-order valence-electron chi connectivity index (χ0n) is 16.2. The number of nitrogens with zero attached hydrogens (tertiary/aromatic N) is 1. The van der Waals surface area contributed by atoms with Crippen molar-refractivity contribution >= 4 is 28.9 Å². The van der Waals surface area contributed by atoms with Crippen molar-refractivity contribution in [3.8, 4) is 0 Å². The fourth-order valence-corrected chi connectivity index (χ4v) is 2.87. The maximum atomic E-state index is 12.5. The summed E-state index contributed by atoms with van der Waals surface area (Å²) in [6.45, 7) is 5.78. The molecule has 5 nitrogen and oxygen atoms in total. The molecule has 1 heterocycles. The Morgan fingerprint density at radius 3 is 2.39 bits per heavy atom. The number of hydrogen-bond donors (Lipinski definition) is 2. The second-order valence-electron chi connectivity index (χ2n) is 6.89. The lowest BCUT2D eigenvalue weighted by atomic mass is 10.0. The normalized spacial score (nSPS) is 10.6. The molecule has 0 radical (unpaired) electrons. The first-order chi connectivity index (χ1) is 13.4. The van der Waals surface area contributed by atoms with E-state index in [0.29, 0.717) is 28.6 Å². The van der Waals surface area contributed by atoms with E-state index in [-0.39, 0.29) is 11.7 Å². The van der Waals surface area contributed by atoms with Gasteiger partial charge in [-0.25, -0.2) is 4.98 Å². The predicted octanol–water partition coefficient (Wildman–Crippen LogP) is 5.40. The SMILES string of the molecule is CC(=O)c1cccc(NC(=O)c2ccc(Nc3ccccc3C(C)C)nc2)c1. The lowest BCUT2D eigenvalue weighted by Crippen LogP contribution is -2.12. The van der Waals surface area contributed by atoms with Crippen LogP contribution in [0.3, 0.4) is 0 Å². The number of rotatable bonds is 6. The van der Waals surface area contributed by atoms with Gasteiger partial charge < -0.3 is 10.6 Å². The maximum absolute atomic E-state index is 12.5. The van der Waals surface area contributed by atoms with E-state index in [1.165, 1.54) is 18.7 Å². The lowest BCUT2D eigenvalue weighted by molar-refractivity contribution is 0.101. The number of aromatic nitrogens is 1. The standard InChI is InChI=1S/C23H23N3O2/c1-15(2)20-9-4-5-10-21(20)26-22-12-11-18(14-24-22)23(28)25-19-8-6-7-17(13-19)16(3)27/h4-15H,1-3H3,(H,24,26)(H,25,28). The number of nitrogens with one attached hydrogen (secondary N) is 2. The van der Waals surface area contributed by atoms with Crippen molar-refractivity contribution < 1.29 is 9.59 Å². The topological polar surface area (TPSA) is 71.1 Å². The summed E-state index contributed by atoms with van der Waals surface area (Å²) in [5.41, 5.74) is 3.78. The minimum absolute atomic E-state index is 0.0464. The molecule has 3 rings (SSSR count). The Labute approximate surface area is 164 Å². The first-order valence-corrected chi connectivity index (χ1v) is 9.18.